The Morgan fingerprint density at radius 1 is 0.800 bits per heavy atom. The molecule has 0 N–H and O–H groups in total. The molecule has 0 saturated heterocycles. The molecule has 0 aromatic rings. The predicted molar refractivity (Wildman–Crippen MR) is 112 cm³/mol. The van der Waals surface area contributed by atoms with Gasteiger partial charge in [0.2, 0.25) is 0 Å². The summed E-state index contributed by atoms with van der Waals surface area (Å²) in [5, 5.41) is 0. The first-order chi connectivity index (χ1) is 11.7. The Morgan fingerprint density at radius 2 is 1.32 bits per heavy atom. The van der Waals surface area contributed by atoms with Crippen molar-refractivity contribution < 1.29 is 4.39 Å². The van der Waals surface area contributed by atoms with Crippen LogP contribution in [0.25, 0.3) is 0 Å². The second-order valence-electron chi connectivity index (χ2n) is 8.21. The third-order valence-electron chi connectivity index (χ3n) is 5.88. The molecule has 4 atom stereocenters. The van der Waals surface area contributed by atoms with Crippen LogP contribution < -0.4 is 0 Å². The van der Waals surface area contributed by atoms with E-state index in [-0.39, 0.29) is 11.7 Å². The van der Waals surface area contributed by atoms with Gasteiger partial charge in [-0.2, -0.15) is 0 Å². The summed E-state index contributed by atoms with van der Waals surface area (Å²) in [5.41, 5.74) is 1.53. The molecule has 0 saturated carbocycles. The highest BCUT2D eigenvalue weighted by Gasteiger charge is 2.16. The van der Waals surface area contributed by atoms with Gasteiger partial charge in [-0.15, -0.1) is 0 Å². The standard InChI is InChI=1S/C24H43F/c1-9-11-13-18(3)19(4)15-16-20(5)22(7)17-24(25)23(8)21(6)14-12-10-2/h17-21H,7-16H2,1-6H3/b24-17+. The van der Waals surface area contributed by atoms with Crippen LogP contribution in [-0.4, -0.2) is 0 Å². The quantitative estimate of drug-likeness (QED) is 0.275. The molecule has 146 valence electrons. The van der Waals surface area contributed by atoms with Crippen LogP contribution in [0.3, 0.4) is 0 Å². The van der Waals surface area contributed by atoms with Gasteiger partial charge in [-0.3, -0.25) is 0 Å². The molecule has 0 amide bonds. The molecule has 0 heterocycles. The molecular formula is C24H43F. The van der Waals surface area contributed by atoms with Crippen LogP contribution in [0.4, 0.5) is 4.39 Å². The van der Waals surface area contributed by atoms with Gasteiger partial charge in [-0.05, 0) is 60.2 Å². The van der Waals surface area contributed by atoms with Crippen LogP contribution in [0, 0.1) is 23.7 Å². The molecule has 0 radical (unpaired) electrons. The molecule has 0 fully saturated rings. The van der Waals surface area contributed by atoms with E-state index < -0.39 is 0 Å². The van der Waals surface area contributed by atoms with Crippen LogP contribution in [0.15, 0.2) is 36.2 Å². The summed E-state index contributed by atoms with van der Waals surface area (Å²) >= 11 is 0. The molecule has 0 spiro atoms. The molecule has 0 rings (SSSR count). The number of unbranched alkanes of at least 4 members (excludes halogenated alkanes) is 2. The second-order valence-corrected chi connectivity index (χ2v) is 8.21. The normalized spacial score (nSPS) is 17.0. The zero-order valence-electron chi connectivity index (χ0n) is 17.8. The smallest absolute Gasteiger partial charge is 0.126 e. The first-order valence-corrected chi connectivity index (χ1v) is 10.5. The molecule has 0 aliphatic heterocycles. The minimum atomic E-state index is -0.176. The van der Waals surface area contributed by atoms with E-state index in [1.807, 2.05) is 0 Å². The summed E-state index contributed by atoms with van der Waals surface area (Å²) in [7, 11) is 0. The van der Waals surface area contributed by atoms with Gasteiger partial charge in [0.1, 0.15) is 5.83 Å². The van der Waals surface area contributed by atoms with E-state index in [4.69, 9.17) is 0 Å². The summed E-state index contributed by atoms with van der Waals surface area (Å²) in [6.45, 7) is 21.4. The topological polar surface area (TPSA) is 0 Å². The van der Waals surface area contributed by atoms with Gasteiger partial charge in [0.25, 0.3) is 0 Å². The van der Waals surface area contributed by atoms with E-state index in [0.717, 1.165) is 43.1 Å². The Hall–Kier alpha value is -0.850. The van der Waals surface area contributed by atoms with Gasteiger partial charge in [-0.25, -0.2) is 4.39 Å². The van der Waals surface area contributed by atoms with Crippen molar-refractivity contribution >= 4 is 0 Å². The van der Waals surface area contributed by atoms with Crippen LogP contribution in [-0.2, 0) is 0 Å². The van der Waals surface area contributed by atoms with Crippen molar-refractivity contribution in [3.8, 4) is 0 Å². The van der Waals surface area contributed by atoms with E-state index in [2.05, 4.69) is 54.7 Å². The van der Waals surface area contributed by atoms with Crippen molar-refractivity contribution in [3.63, 3.8) is 0 Å². The molecule has 0 aromatic carbocycles. The molecule has 1 heteroatoms. The SMILES string of the molecule is C=C(/C=C(/F)C(=C)C(C)CCCC)C(C)CCC(C)C(C)CCCC. The molecule has 4 unspecified atom stereocenters. The minimum absolute atomic E-state index is 0.176. The maximum Gasteiger partial charge on any atom is 0.126 e. The third-order valence-corrected chi connectivity index (χ3v) is 5.88. The van der Waals surface area contributed by atoms with E-state index in [1.165, 1.54) is 25.7 Å². The second kappa shape index (κ2) is 13.4. The van der Waals surface area contributed by atoms with Gasteiger partial charge in [0.15, 0.2) is 0 Å². The number of hydrogen-bond acceptors (Lipinski definition) is 0. The van der Waals surface area contributed by atoms with E-state index in [1.54, 1.807) is 6.08 Å². The van der Waals surface area contributed by atoms with Gasteiger partial charge in [0.05, 0.1) is 0 Å². The van der Waals surface area contributed by atoms with Crippen LogP contribution >= 0.6 is 0 Å². The molecule has 0 aromatic heterocycles. The van der Waals surface area contributed by atoms with Crippen molar-refractivity contribution in [2.75, 3.05) is 0 Å². The highest BCUT2D eigenvalue weighted by Crippen LogP contribution is 2.29. The van der Waals surface area contributed by atoms with Crippen molar-refractivity contribution in [2.45, 2.75) is 92.9 Å². The lowest BCUT2D eigenvalue weighted by atomic mass is 9.84. The lowest BCUT2D eigenvalue weighted by molar-refractivity contribution is 0.318. The zero-order valence-corrected chi connectivity index (χ0v) is 17.8. The van der Waals surface area contributed by atoms with Gasteiger partial charge in [0, 0.05) is 0 Å². The average Bonchev–Trinajstić information content (AvgIpc) is 2.60. The fourth-order valence-corrected chi connectivity index (χ4v) is 3.11. The molecule has 0 aliphatic rings. The van der Waals surface area contributed by atoms with Crippen LogP contribution in [0.2, 0.25) is 0 Å². The lowest BCUT2D eigenvalue weighted by Crippen LogP contribution is -2.10. The van der Waals surface area contributed by atoms with Crippen molar-refractivity contribution in [1.29, 1.82) is 0 Å². The zero-order chi connectivity index (χ0) is 19.4. The number of rotatable bonds is 14. The Morgan fingerprint density at radius 3 is 1.88 bits per heavy atom. The summed E-state index contributed by atoms with van der Waals surface area (Å²) in [4.78, 5) is 0. The van der Waals surface area contributed by atoms with Gasteiger partial charge in [-0.1, -0.05) is 86.8 Å². The van der Waals surface area contributed by atoms with Crippen molar-refractivity contribution in [3.05, 3.63) is 36.2 Å². The number of allylic oxidation sites excluding steroid dienone is 4. The maximum absolute atomic E-state index is 14.5. The number of halogens is 1. The summed E-state index contributed by atoms with van der Waals surface area (Å²) in [5.74, 6) is 1.85. The maximum atomic E-state index is 14.5. The highest BCUT2D eigenvalue weighted by molar-refractivity contribution is 5.32. The summed E-state index contributed by atoms with van der Waals surface area (Å²) in [6, 6.07) is 0. The summed E-state index contributed by atoms with van der Waals surface area (Å²) < 4.78 is 14.5. The Balaban J connectivity index is 4.46. The molecule has 25 heavy (non-hydrogen) atoms. The van der Waals surface area contributed by atoms with E-state index in [0.29, 0.717) is 11.5 Å². The molecule has 0 aliphatic carbocycles. The van der Waals surface area contributed by atoms with Crippen LogP contribution in [0.1, 0.15) is 92.9 Å². The van der Waals surface area contributed by atoms with Crippen molar-refractivity contribution in [1.82, 2.24) is 0 Å². The summed E-state index contributed by atoms with van der Waals surface area (Å²) in [6.07, 6.45) is 11.1. The Labute approximate surface area is 157 Å². The van der Waals surface area contributed by atoms with Gasteiger partial charge < -0.3 is 0 Å². The van der Waals surface area contributed by atoms with E-state index in [9.17, 15) is 4.39 Å². The largest absolute Gasteiger partial charge is 0.207 e. The van der Waals surface area contributed by atoms with Gasteiger partial charge >= 0.3 is 0 Å². The lowest BCUT2D eigenvalue weighted by Gasteiger charge is -2.22. The van der Waals surface area contributed by atoms with E-state index >= 15 is 0 Å². The number of hydrogen-bond donors (Lipinski definition) is 0. The molecular weight excluding hydrogens is 307 g/mol. The molecule has 0 nitrogen and oxygen atoms in total. The fraction of sp³-hybridized carbons (Fsp3) is 0.750. The minimum Gasteiger partial charge on any atom is -0.207 e. The molecule has 0 bridgehead atoms. The third kappa shape index (κ3) is 10.0. The van der Waals surface area contributed by atoms with Crippen LogP contribution in [0.5, 0.6) is 0 Å². The monoisotopic (exact) mass is 350 g/mol. The average molecular weight is 351 g/mol. The highest BCUT2D eigenvalue weighted by atomic mass is 19.1. The first-order valence-electron chi connectivity index (χ1n) is 10.5. The fourth-order valence-electron chi connectivity index (χ4n) is 3.11. The Kier molecular flexibility index (Phi) is 12.9. The van der Waals surface area contributed by atoms with Crippen molar-refractivity contribution in [2.24, 2.45) is 23.7 Å². The first kappa shape index (κ1) is 24.1. The Bertz CT molecular complexity index is 418. The predicted octanol–water partition coefficient (Wildman–Crippen LogP) is 8.66.